The van der Waals surface area contributed by atoms with Gasteiger partial charge in [0.15, 0.2) is 5.78 Å². The van der Waals surface area contributed by atoms with Gasteiger partial charge in [-0.3, -0.25) is 4.79 Å². The summed E-state index contributed by atoms with van der Waals surface area (Å²) < 4.78 is 40.8. The standard InChI is InChI=1S/C14H9BrF3NO2/c15-12-5-4-9(19)7-11(12)13(20)8-2-1-3-10(6-8)21-14(16,17)18/h1-7H,19H2. The lowest BCUT2D eigenvalue weighted by molar-refractivity contribution is -0.274. The Bertz CT molecular complexity index is 686. The maximum atomic E-state index is 12.3. The van der Waals surface area contributed by atoms with Crippen LogP contribution in [-0.4, -0.2) is 12.1 Å². The number of alkyl halides is 3. The second kappa shape index (κ2) is 5.77. The van der Waals surface area contributed by atoms with Crippen LogP contribution < -0.4 is 10.5 Å². The quantitative estimate of drug-likeness (QED) is 0.661. The highest BCUT2D eigenvalue weighted by molar-refractivity contribution is 9.10. The Morgan fingerprint density at radius 3 is 2.52 bits per heavy atom. The third kappa shape index (κ3) is 3.98. The summed E-state index contributed by atoms with van der Waals surface area (Å²) in [7, 11) is 0. The van der Waals surface area contributed by atoms with Crippen LogP contribution in [0.2, 0.25) is 0 Å². The summed E-state index contributed by atoms with van der Waals surface area (Å²) in [5, 5.41) is 0. The maximum absolute atomic E-state index is 12.3. The Morgan fingerprint density at radius 2 is 1.86 bits per heavy atom. The lowest BCUT2D eigenvalue weighted by Crippen LogP contribution is -2.17. The summed E-state index contributed by atoms with van der Waals surface area (Å²) in [5.41, 5.74) is 6.32. The van der Waals surface area contributed by atoms with Crippen LogP contribution in [0.15, 0.2) is 46.9 Å². The van der Waals surface area contributed by atoms with Gasteiger partial charge < -0.3 is 10.5 Å². The molecule has 2 aromatic rings. The average Bonchev–Trinajstić information content (AvgIpc) is 2.39. The van der Waals surface area contributed by atoms with E-state index in [1.165, 1.54) is 18.2 Å². The molecule has 0 aliphatic heterocycles. The molecule has 0 saturated carbocycles. The van der Waals surface area contributed by atoms with E-state index in [4.69, 9.17) is 5.73 Å². The number of nitrogens with two attached hydrogens (primary N) is 1. The van der Waals surface area contributed by atoms with E-state index in [9.17, 15) is 18.0 Å². The summed E-state index contributed by atoms with van der Waals surface area (Å²) in [6.07, 6.45) is -4.81. The number of carbonyl (C=O) groups excluding carboxylic acids is 1. The normalized spacial score (nSPS) is 11.2. The van der Waals surface area contributed by atoms with Crippen molar-refractivity contribution in [3.63, 3.8) is 0 Å². The van der Waals surface area contributed by atoms with Crippen molar-refractivity contribution in [2.45, 2.75) is 6.36 Å². The number of ether oxygens (including phenoxy) is 1. The zero-order valence-electron chi connectivity index (χ0n) is 10.4. The molecule has 0 amide bonds. The first-order valence-electron chi connectivity index (χ1n) is 5.72. The highest BCUT2D eigenvalue weighted by Crippen LogP contribution is 2.26. The third-order valence-corrected chi connectivity index (χ3v) is 3.26. The van der Waals surface area contributed by atoms with Gasteiger partial charge in [0.1, 0.15) is 5.75 Å². The first kappa shape index (κ1) is 15.4. The number of hydrogen-bond acceptors (Lipinski definition) is 3. The topological polar surface area (TPSA) is 52.3 Å². The molecule has 7 heteroatoms. The zero-order valence-corrected chi connectivity index (χ0v) is 12.0. The van der Waals surface area contributed by atoms with Crippen LogP contribution in [0.3, 0.4) is 0 Å². The van der Waals surface area contributed by atoms with Gasteiger partial charge >= 0.3 is 6.36 Å². The Hall–Kier alpha value is -2.02. The Labute approximate surface area is 126 Å². The molecule has 0 saturated heterocycles. The number of hydrogen-bond donors (Lipinski definition) is 1. The van der Waals surface area contributed by atoms with Crippen molar-refractivity contribution >= 4 is 27.4 Å². The number of anilines is 1. The Kier molecular flexibility index (Phi) is 4.22. The molecule has 21 heavy (non-hydrogen) atoms. The fourth-order valence-corrected chi connectivity index (χ4v) is 2.13. The smallest absolute Gasteiger partial charge is 0.406 e. The molecule has 2 rings (SSSR count). The van der Waals surface area contributed by atoms with Crippen LogP contribution in [0.5, 0.6) is 5.75 Å². The molecule has 0 radical (unpaired) electrons. The van der Waals surface area contributed by atoms with Crippen LogP contribution >= 0.6 is 15.9 Å². The summed E-state index contributed by atoms with van der Waals surface area (Å²) in [6.45, 7) is 0. The van der Waals surface area contributed by atoms with Gasteiger partial charge in [-0.1, -0.05) is 28.1 Å². The molecule has 2 aromatic carbocycles. The molecule has 2 N–H and O–H groups in total. The predicted molar refractivity (Wildman–Crippen MR) is 75.1 cm³/mol. The van der Waals surface area contributed by atoms with E-state index in [2.05, 4.69) is 20.7 Å². The molecule has 0 aromatic heterocycles. The molecule has 0 spiro atoms. The fourth-order valence-electron chi connectivity index (χ4n) is 1.71. The van der Waals surface area contributed by atoms with Crippen LogP contribution in [0.4, 0.5) is 18.9 Å². The van der Waals surface area contributed by atoms with Crippen LogP contribution in [0, 0.1) is 0 Å². The van der Waals surface area contributed by atoms with E-state index >= 15 is 0 Å². The third-order valence-electron chi connectivity index (χ3n) is 2.56. The van der Waals surface area contributed by atoms with Crippen LogP contribution in [-0.2, 0) is 0 Å². The van der Waals surface area contributed by atoms with Crippen molar-refractivity contribution in [3.8, 4) is 5.75 Å². The van der Waals surface area contributed by atoms with Gasteiger partial charge in [0.25, 0.3) is 0 Å². The molecule has 110 valence electrons. The second-order valence-corrected chi connectivity index (χ2v) is 5.00. The van der Waals surface area contributed by atoms with E-state index < -0.39 is 17.9 Å². The van der Waals surface area contributed by atoms with Gasteiger partial charge in [-0.05, 0) is 30.3 Å². The number of ketones is 1. The van der Waals surface area contributed by atoms with Gasteiger partial charge in [-0.2, -0.15) is 0 Å². The van der Waals surface area contributed by atoms with Crippen LogP contribution in [0.1, 0.15) is 15.9 Å². The lowest BCUT2D eigenvalue weighted by atomic mass is 10.0. The minimum Gasteiger partial charge on any atom is -0.406 e. The summed E-state index contributed by atoms with van der Waals surface area (Å²) >= 11 is 3.21. The molecular formula is C14H9BrF3NO2. The van der Waals surface area contributed by atoms with Gasteiger partial charge in [0.05, 0.1) is 0 Å². The molecule has 0 heterocycles. The lowest BCUT2D eigenvalue weighted by Gasteiger charge is -2.10. The van der Waals surface area contributed by atoms with Gasteiger partial charge in [-0.15, -0.1) is 13.2 Å². The number of carbonyl (C=O) groups is 1. The highest BCUT2D eigenvalue weighted by Gasteiger charge is 2.31. The van der Waals surface area contributed by atoms with E-state index in [-0.39, 0.29) is 11.1 Å². The second-order valence-electron chi connectivity index (χ2n) is 4.14. The van der Waals surface area contributed by atoms with E-state index in [0.717, 1.165) is 12.1 Å². The SMILES string of the molecule is Nc1ccc(Br)c(C(=O)c2cccc(OC(F)(F)F)c2)c1. The molecule has 3 nitrogen and oxygen atoms in total. The molecule has 0 unspecified atom stereocenters. The molecular weight excluding hydrogens is 351 g/mol. The van der Waals surface area contributed by atoms with Gasteiger partial charge in [0, 0.05) is 21.3 Å². The maximum Gasteiger partial charge on any atom is 0.573 e. The first-order valence-corrected chi connectivity index (χ1v) is 6.51. The molecule has 0 atom stereocenters. The van der Waals surface area contributed by atoms with Crippen LogP contribution in [0.25, 0.3) is 0 Å². The minimum absolute atomic E-state index is 0.0723. The number of benzene rings is 2. The monoisotopic (exact) mass is 359 g/mol. The van der Waals surface area contributed by atoms with E-state index in [1.807, 2.05) is 0 Å². The average molecular weight is 360 g/mol. The fraction of sp³-hybridized carbons (Fsp3) is 0.0714. The Morgan fingerprint density at radius 1 is 1.14 bits per heavy atom. The van der Waals surface area contributed by atoms with Crippen molar-refractivity contribution in [2.24, 2.45) is 0 Å². The van der Waals surface area contributed by atoms with Crippen molar-refractivity contribution in [3.05, 3.63) is 58.1 Å². The largest absolute Gasteiger partial charge is 0.573 e. The molecule has 0 aliphatic rings. The molecule has 0 fully saturated rings. The van der Waals surface area contributed by atoms with Crippen molar-refractivity contribution in [1.82, 2.24) is 0 Å². The minimum atomic E-state index is -4.81. The summed E-state index contributed by atoms with van der Waals surface area (Å²) in [4.78, 5) is 12.3. The van der Waals surface area contributed by atoms with Gasteiger partial charge in [0.2, 0.25) is 0 Å². The predicted octanol–water partition coefficient (Wildman–Crippen LogP) is 4.16. The van der Waals surface area contributed by atoms with Crippen molar-refractivity contribution < 1.29 is 22.7 Å². The first-order chi connectivity index (χ1) is 9.76. The Balaban J connectivity index is 2.35. The number of rotatable bonds is 3. The number of halogens is 4. The van der Waals surface area contributed by atoms with E-state index in [0.29, 0.717) is 10.2 Å². The number of nitrogen functional groups attached to an aromatic ring is 1. The molecule has 0 bridgehead atoms. The summed E-state index contributed by atoms with van der Waals surface area (Å²) in [5.74, 6) is -0.907. The molecule has 0 aliphatic carbocycles. The van der Waals surface area contributed by atoms with Crippen molar-refractivity contribution in [2.75, 3.05) is 5.73 Å². The van der Waals surface area contributed by atoms with E-state index in [1.54, 1.807) is 12.1 Å². The zero-order chi connectivity index (χ0) is 15.6. The van der Waals surface area contributed by atoms with Crippen molar-refractivity contribution in [1.29, 1.82) is 0 Å². The van der Waals surface area contributed by atoms with Gasteiger partial charge in [-0.25, -0.2) is 0 Å². The summed E-state index contributed by atoms with van der Waals surface area (Å²) in [6, 6.07) is 9.52. The highest BCUT2D eigenvalue weighted by atomic mass is 79.9.